The number of rotatable bonds is 6. The predicted octanol–water partition coefficient (Wildman–Crippen LogP) is 11.1. The van der Waals surface area contributed by atoms with Gasteiger partial charge in [0.05, 0.1) is 31.5 Å². The fourth-order valence-electron chi connectivity index (χ4n) is 12.6. The van der Waals surface area contributed by atoms with Crippen molar-refractivity contribution in [2.24, 2.45) is 51.2 Å². The van der Waals surface area contributed by atoms with Gasteiger partial charge in [-0.2, -0.15) is 0 Å². The molecule has 6 heteroatoms. The molecule has 8 fully saturated rings. The van der Waals surface area contributed by atoms with E-state index in [1.165, 1.54) is 89.9 Å². The third-order valence-electron chi connectivity index (χ3n) is 15.4. The standard InChI is InChI=1S/C35H55NO4.C4H10.2C2H6.CH4O.CH4/c1-5-23-8-9-25-27(39-23)19-26-24-10-11-28-32(2,3)29(12-13-35(28)21-34(24,35)15-14-33(25,26)4)40-31-20-36(16-17-38-31)30(37)18-22-6-7-22;1-3-4-2;3*1-2;/h22-29,31H,5-21H2,1-4H3;3-4H2,1-2H3;2*1-2H3;2H,1H3;1H4/t23?,24?,25-,26?,27?,28?,29?,31?,33?,34?,35?;;;;;/m0...../s1. The van der Waals surface area contributed by atoms with Crippen molar-refractivity contribution in [1.29, 1.82) is 0 Å². The number of amides is 1. The minimum atomic E-state index is -0.260. The number of fused-ring (bicyclic) bond motifs is 4. The second kappa shape index (κ2) is 18.8. The zero-order valence-electron chi connectivity index (χ0n) is 34.7. The summed E-state index contributed by atoms with van der Waals surface area (Å²) in [7, 11) is 1.00. The molecule has 2 saturated heterocycles. The van der Waals surface area contributed by atoms with Crippen molar-refractivity contribution in [2.45, 2.75) is 204 Å². The van der Waals surface area contributed by atoms with E-state index in [1.807, 2.05) is 32.6 Å². The molecule has 1 N–H and O–H groups in total. The molecular formula is C45H85NO5. The zero-order valence-corrected chi connectivity index (χ0v) is 34.7. The minimum Gasteiger partial charge on any atom is -0.400 e. The highest BCUT2D eigenvalue weighted by Gasteiger charge is 2.80. The van der Waals surface area contributed by atoms with Crippen molar-refractivity contribution in [2.75, 3.05) is 26.8 Å². The number of morpholine rings is 1. The van der Waals surface area contributed by atoms with Crippen LogP contribution in [0, 0.1) is 51.2 Å². The monoisotopic (exact) mass is 720 g/mol. The Bertz CT molecular complexity index is 1060. The van der Waals surface area contributed by atoms with E-state index in [1.54, 1.807) is 0 Å². The van der Waals surface area contributed by atoms with Crippen molar-refractivity contribution in [1.82, 2.24) is 4.90 Å². The lowest BCUT2D eigenvalue weighted by Crippen LogP contribution is -2.56. The molecule has 6 aliphatic carbocycles. The van der Waals surface area contributed by atoms with Crippen LogP contribution in [0.5, 0.6) is 0 Å². The third-order valence-corrected chi connectivity index (χ3v) is 15.4. The van der Waals surface area contributed by atoms with Gasteiger partial charge in [0.25, 0.3) is 0 Å². The fourth-order valence-corrected chi connectivity index (χ4v) is 12.6. The summed E-state index contributed by atoms with van der Waals surface area (Å²) < 4.78 is 19.7. The van der Waals surface area contributed by atoms with Crippen LogP contribution in [0.15, 0.2) is 0 Å². The Morgan fingerprint density at radius 1 is 0.824 bits per heavy atom. The Kier molecular flexibility index (Phi) is 16.4. The molecule has 0 bridgehead atoms. The van der Waals surface area contributed by atoms with E-state index in [9.17, 15) is 4.79 Å². The van der Waals surface area contributed by atoms with Gasteiger partial charge in [-0.05, 0) is 135 Å². The van der Waals surface area contributed by atoms with Gasteiger partial charge in [0.15, 0.2) is 6.29 Å². The molecule has 8 rings (SSSR count). The molecule has 8 aliphatic rings. The normalized spacial score (nSPS) is 42.2. The number of ether oxygens (including phenoxy) is 3. The number of hydrogen-bond acceptors (Lipinski definition) is 5. The van der Waals surface area contributed by atoms with E-state index in [0.717, 1.165) is 50.2 Å². The number of carbonyl (C=O) groups excluding carboxylic acids is 1. The first-order valence-corrected chi connectivity index (χ1v) is 21.8. The zero-order chi connectivity index (χ0) is 36.9. The Hall–Kier alpha value is -0.690. The Morgan fingerprint density at radius 2 is 1.49 bits per heavy atom. The molecule has 2 heterocycles. The molecule has 1 amide bonds. The maximum Gasteiger partial charge on any atom is 0.223 e. The quantitative estimate of drug-likeness (QED) is 0.296. The van der Waals surface area contributed by atoms with Crippen LogP contribution in [-0.2, 0) is 19.0 Å². The molecular weight excluding hydrogens is 634 g/mol. The molecule has 11 atom stereocenters. The van der Waals surface area contributed by atoms with Gasteiger partial charge in [0, 0.05) is 20.1 Å². The van der Waals surface area contributed by atoms with Crippen LogP contribution in [0.4, 0.5) is 0 Å². The third kappa shape index (κ3) is 8.30. The summed E-state index contributed by atoms with van der Waals surface area (Å²) in [6, 6.07) is 0. The highest BCUT2D eigenvalue weighted by atomic mass is 16.7. The number of unbranched alkanes of at least 4 members (excludes halogenated alkanes) is 1. The summed E-state index contributed by atoms with van der Waals surface area (Å²) in [6.07, 6.45) is 21.7. The largest absolute Gasteiger partial charge is 0.400 e. The lowest BCUT2D eigenvalue weighted by Gasteiger charge is -2.60. The second-order valence-electron chi connectivity index (χ2n) is 17.7. The molecule has 2 aliphatic heterocycles. The Morgan fingerprint density at radius 3 is 2.12 bits per heavy atom. The fraction of sp³-hybridized carbons (Fsp3) is 0.978. The van der Waals surface area contributed by atoms with Crippen LogP contribution in [0.1, 0.15) is 179 Å². The van der Waals surface area contributed by atoms with E-state index in [-0.39, 0.29) is 25.2 Å². The van der Waals surface area contributed by atoms with Gasteiger partial charge in [0.2, 0.25) is 5.91 Å². The van der Waals surface area contributed by atoms with E-state index >= 15 is 0 Å². The van der Waals surface area contributed by atoms with Gasteiger partial charge in [-0.15, -0.1) is 0 Å². The molecule has 6 nitrogen and oxygen atoms in total. The molecule has 300 valence electrons. The lowest BCUT2D eigenvalue weighted by molar-refractivity contribution is -0.244. The van der Waals surface area contributed by atoms with E-state index in [2.05, 4.69) is 41.5 Å². The van der Waals surface area contributed by atoms with Crippen LogP contribution >= 0.6 is 0 Å². The van der Waals surface area contributed by atoms with Gasteiger partial charge >= 0.3 is 0 Å². The maximum atomic E-state index is 12.8. The topological polar surface area (TPSA) is 68.2 Å². The van der Waals surface area contributed by atoms with Crippen LogP contribution in [0.2, 0.25) is 0 Å². The number of nitrogens with zero attached hydrogens (tertiary/aromatic N) is 1. The van der Waals surface area contributed by atoms with E-state index in [0.29, 0.717) is 53.4 Å². The summed E-state index contributed by atoms with van der Waals surface area (Å²) in [5.41, 5.74) is 1.79. The minimum absolute atomic E-state index is 0. The van der Waals surface area contributed by atoms with Gasteiger partial charge in [-0.1, -0.05) is 89.5 Å². The van der Waals surface area contributed by atoms with Crippen molar-refractivity contribution < 1.29 is 24.1 Å². The Balaban J connectivity index is 0.000000583. The van der Waals surface area contributed by atoms with Crippen LogP contribution in [0.25, 0.3) is 0 Å². The first-order chi connectivity index (χ1) is 24.1. The highest BCUT2D eigenvalue weighted by molar-refractivity contribution is 5.76. The summed E-state index contributed by atoms with van der Waals surface area (Å²) in [4.78, 5) is 14.8. The van der Waals surface area contributed by atoms with Crippen LogP contribution < -0.4 is 0 Å². The Labute approximate surface area is 316 Å². The summed E-state index contributed by atoms with van der Waals surface area (Å²) in [6.45, 7) is 24.3. The van der Waals surface area contributed by atoms with Crippen molar-refractivity contribution >= 4 is 5.91 Å². The molecule has 10 unspecified atom stereocenters. The predicted molar refractivity (Wildman–Crippen MR) is 213 cm³/mol. The summed E-state index contributed by atoms with van der Waals surface area (Å²) in [5.74, 6) is 4.29. The first kappa shape index (κ1) is 44.7. The van der Waals surface area contributed by atoms with Gasteiger partial charge < -0.3 is 24.2 Å². The average Bonchev–Trinajstić information content (AvgIpc) is 4.07. The second-order valence-corrected chi connectivity index (χ2v) is 17.7. The average molecular weight is 720 g/mol. The molecule has 51 heavy (non-hydrogen) atoms. The molecule has 0 aromatic heterocycles. The summed E-state index contributed by atoms with van der Waals surface area (Å²) >= 11 is 0. The lowest BCUT2D eigenvalue weighted by atomic mass is 9.46. The van der Waals surface area contributed by atoms with Crippen LogP contribution in [0.3, 0.4) is 0 Å². The number of aliphatic hydroxyl groups excluding tert-OH is 1. The molecule has 0 aromatic rings. The number of aliphatic hydroxyl groups is 1. The van der Waals surface area contributed by atoms with Gasteiger partial charge in [-0.25, -0.2) is 0 Å². The molecule has 2 spiro atoms. The number of hydrogen-bond donors (Lipinski definition) is 1. The van der Waals surface area contributed by atoms with Gasteiger partial charge in [0.1, 0.15) is 0 Å². The first-order valence-electron chi connectivity index (χ1n) is 21.8. The van der Waals surface area contributed by atoms with Gasteiger partial charge in [-0.3, -0.25) is 4.79 Å². The van der Waals surface area contributed by atoms with Crippen molar-refractivity contribution in [3.05, 3.63) is 0 Å². The van der Waals surface area contributed by atoms with E-state index in [4.69, 9.17) is 19.3 Å². The number of carbonyl (C=O) groups is 1. The molecule has 6 saturated carbocycles. The molecule has 0 radical (unpaired) electrons. The maximum absolute atomic E-state index is 12.8. The summed E-state index contributed by atoms with van der Waals surface area (Å²) in [5, 5.41) is 7.00. The van der Waals surface area contributed by atoms with Crippen LogP contribution in [-0.4, -0.2) is 67.3 Å². The smallest absolute Gasteiger partial charge is 0.223 e. The molecule has 0 aromatic carbocycles. The highest BCUT2D eigenvalue weighted by Crippen LogP contribution is 2.87. The SMILES string of the molecule is C.CC.CC.CCC1CC[C@H]2C(CC3C4CCC5C(C)(C)C(OC6CN(C(=O)CC7CC7)CCO6)CCC56CC46CCC32C)O1.CCCC.CO. The van der Waals surface area contributed by atoms with E-state index < -0.39 is 0 Å². The van der Waals surface area contributed by atoms with Crippen molar-refractivity contribution in [3.8, 4) is 0 Å². The van der Waals surface area contributed by atoms with Crippen molar-refractivity contribution in [3.63, 3.8) is 0 Å².